The molecular formula is C24H19FN2O3. The standard InChI is InChI=1S/C24H19FN2O3/c1-15-6-5-7-17(26-15)13-27-14-19(24(29)18-8-3-4-9-21(18)27)23(28)16-10-11-22(30-2)20(25)12-16/h3-12,14H,13H2,1-2H3. The molecule has 0 bridgehead atoms. The van der Waals surface area contributed by atoms with Crippen LogP contribution in [0.25, 0.3) is 10.9 Å². The Bertz CT molecular complexity index is 1330. The van der Waals surface area contributed by atoms with Crippen molar-refractivity contribution in [1.82, 2.24) is 9.55 Å². The van der Waals surface area contributed by atoms with Gasteiger partial charge in [0.2, 0.25) is 5.43 Å². The molecule has 0 aliphatic carbocycles. The van der Waals surface area contributed by atoms with E-state index in [1.165, 1.54) is 25.4 Å². The van der Waals surface area contributed by atoms with Gasteiger partial charge in [-0.25, -0.2) is 4.39 Å². The first-order chi connectivity index (χ1) is 14.5. The Labute approximate surface area is 172 Å². The zero-order valence-corrected chi connectivity index (χ0v) is 16.6. The lowest BCUT2D eigenvalue weighted by Gasteiger charge is -2.13. The lowest BCUT2D eigenvalue weighted by atomic mass is 10.0. The van der Waals surface area contributed by atoms with E-state index in [0.717, 1.165) is 17.5 Å². The van der Waals surface area contributed by atoms with E-state index in [1.54, 1.807) is 12.1 Å². The van der Waals surface area contributed by atoms with Crippen molar-refractivity contribution in [3.63, 3.8) is 0 Å². The minimum absolute atomic E-state index is 0.0223. The van der Waals surface area contributed by atoms with Crippen molar-refractivity contribution in [2.45, 2.75) is 13.5 Å². The first-order valence-electron chi connectivity index (χ1n) is 9.41. The third-order valence-electron chi connectivity index (χ3n) is 4.92. The van der Waals surface area contributed by atoms with Crippen LogP contribution in [0.4, 0.5) is 4.39 Å². The maximum absolute atomic E-state index is 14.1. The van der Waals surface area contributed by atoms with Crippen molar-refractivity contribution in [3.8, 4) is 5.75 Å². The fourth-order valence-corrected chi connectivity index (χ4v) is 3.46. The van der Waals surface area contributed by atoms with Crippen LogP contribution in [0.5, 0.6) is 5.75 Å². The molecule has 150 valence electrons. The summed E-state index contributed by atoms with van der Waals surface area (Å²) < 4.78 is 20.8. The van der Waals surface area contributed by atoms with Crippen LogP contribution in [0, 0.1) is 12.7 Å². The van der Waals surface area contributed by atoms with Gasteiger partial charge in [0.15, 0.2) is 17.3 Å². The highest BCUT2D eigenvalue weighted by Crippen LogP contribution is 2.20. The predicted octanol–water partition coefficient (Wildman–Crippen LogP) is 4.13. The molecule has 2 heterocycles. The summed E-state index contributed by atoms with van der Waals surface area (Å²) in [7, 11) is 1.35. The number of hydrogen-bond acceptors (Lipinski definition) is 4. The van der Waals surface area contributed by atoms with Crippen LogP contribution >= 0.6 is 0 Å². The summed E-state index contributed by atoms with van der Waals surface area (Å²) in [6.45, 7) is 2.29. The maximum atomic E-state index is 14.1. The zero-order chi connectivity index (χ0) is 21.3. The lowest BCUT2D eigenvalue weighted by Crippen LogP contribution is -2.20. The molecule has 5 nitrogen and oxygen atoms in total. The van der Waals surface area contributed by atoms with Gasteiger partial charge < -0.3 is 9.30 Å². The smallest absolute Gasteiger partial charge is 0.200 e. The van der Waals surface area contributed by atoms with Crippen molar-refractivity contribution in [3.05, 3.63) is 105 Å². The molecular weight excluding hydrogens is 383 g/mol. The van der Waals surface area contributed by atoms with Crippen LogP contribution in [-0.4, -0.2) is 22.4 Å². The number of halogens is 1. The first kappa shape index (κ1) is 19.5. The Morgan fingerprint density at radius 3 is 2.63 bits per heavy atom. The molecule has 2 aromatic carbocycles. The minimum atomic E-state index is -0.659. The molecule has 0 saturated carbocycles. The molecule has 0 fully saturated rings. The number of hydrogen-bond donors (Lipinski definition) is 0. The van der Waals surface area contributed by atoms with Gasteiger partial charge in [-0.2, -0.15) is 0 Å². The van der Waals surface area contributed by atoms with Crippen molar-refractivity contribution in [2.24, 2.45) is 0 Å². The van der Waals surface area contributed by atoms with E-state index < -0.39 is 11.6 Å². The predicted molar refractivity (Wildman–Crippen MR) is 113 cm³/mol. The van der Waals surface area contributed by atoms with Crippen LogP contribution in [0.1, 0.15) is 27.3 Å². The van der Waals surface area contributed by atoms with Crippen molar-refractivity contribution >= 4 is 16.7 Å². The molecule has 0 atom stereocenters. The topological polar surface area (TPSA) is 61.2 Å². The van der Waals surface area contributed by atoms with E-state index >= 15 is 0 Å². The van der Waals surface area contributed by atoms with Gasteiger partial charge in [0.05, 0.1) is 30.4 Å². The average molecular weight is 402 g/mol. The number of aryl methyl sites for hydroxylation is 1. The molecule has 0 N–H and O–H groups in total. The molecule has 0 amide bonds. The number of pyridine rings is 2. The van der Waals surface area contributed by atoms with Crippen molar-refractivity contribution in [1.29, 1.82) is 0 Å². The molecule has 0 saturated heterocycles. The van der Waals surface area contributed by atoms with Crippen LogP contribution in [-0.2, 0) is 6.54 Å². The van der Waals surface area contributed by atoms with Gasteiger partial charge in [-0.1, -0.05) is 18.2 Å². The van der Waals surface area contributed by atoms with E-state index in [1.807, 2.05) is 41.8 Å². The average Bonchev–Trinajstić information content (AvgIpc) is 2.75. The summed E-state index contributed by atoms with van der Waals surface area (Å²) in [5.41, 5.74) is 2.05. The summed E-state index contributed by atoms with van der Waals surface area (Å²) in [5.74, 6) is -1.17. The third kappa shape index (κ3) is 3.59. The van der Waals surface area contributed by atoms with Crippen LogP contribution in [0.3, 0.4) is 0 Å². The molecule has 0 aliphatic heterocycles. The number of ether oxygens (including phenoxy) is 1. The lowest BCUT2D eigenvalue weighted by molar-refractivity contribution is 0.103. The number of aromatic nitrogens is 2. The molecule has 6 heteroatoms. The van der Waals surface area contributed by atoms with Gasteiger partial charge in [-0.15, -0.1) is 0 Å². The number of ketones is 1. The van der Waals surface area contributed by atoms with Gasteiger partial charge in [-0.3, -0.25) is 14.6 Å². The second-order valence-electron chi connectivity index (χ2n) is 6.97. The van der Waals surface area contributed by atoms with Gasteiger partial charge >= 0.3 is 0 Å². The Morgan fingerprint density at radius 1 is 1.10 bits per heavy atom. The van der Waals surface area contributed by atoms with Crippen molar-refractivity contribution < 1.29 is 13.9 Å². The number of rotatable bonds is 5. The van der Waals surface area contributed by atoms with Gasteiger partial charge in [-0.05, 0) is 49.4 Å². The van der Waals surface area contributed by atoms with Crippen LogP contribution in [0.15, 0.2) is 71.7 Å². The molecule has 0 aliphatic rings. The number of carbonyl (C=O) groups is 1. The fraction of sp³-hybridized carbons (Fsp3) is 0.125. The van der Waals surface area contributed by atoms with Crippen LogP contribution < -0.4 is 10.2 Å². The Hall–Kier alpha value is -3.80. The van der Waals surface area contributed by atoms with E-state index in [9.17, 15) is 14.0 Å². The first-order valence-corrected chi connectivity index (χ1v) is 9.41. The Kier molecular flexibility index (Phi) is 5.14. The quantitative estimate of drug-likeness (QED) is 0.471. The van der Waals surface area contributed by atoms with Gasteiger partial charge in [0.1, 0.15) is 0 Å². The number of para-hydroxylation sites is 1. The highest BCUT2D eigenvalue weighted by Gasteiger charge is 2.19. The molecule has 2 aromatic heterocycles. The zero-order valence-electron chi connectivity index (χ0n) is 16.6. The molecule has 30 heavy (non-hydrogen) atoms. The van der Waals surface area contributed by atoms with E-state index in [4.69, 9.17) is 4.74 Å². The number of methoxy groups -OCH3 is 1. The number of fused-ring (bicyclic) bond motifs is 1. The second kappa shape index (κ2) is 7.91. The number of benzene rings is 2. The molecule has 4 aromatic rings. The van der Waals surface area contributed by atoms with Gasteiger partial charge in [0.25, 0.3) is 0 Å². The summed E-state index contributed by atoms with van der Waals surface area (Å²) in [4.78, 5) is 30.6. The summed E-state index contributed by atoms with van der Waals surface area (Å²) in [5, 5.41) is 0.421. The summed E-state index contributed by atoms with van der Waals surface area (Å²) in [6, 6.07) is 16.7. The number of nitrogens with zero attached hydrogens (tertiary/aromatic N) is 2. The fourth-order valence-electron chi connectivity index (χ4n) is 3.46. The monoisotopic (exact) mass is 402 g/mol. The highest BCUT2D eigenvalue weighted by atomic mass is 19.1. The minimum Gasteiger partial charge on any atom is -0.494 e. The third-order valence-corrected chi connectivity index (χ3v) is 4.92. The van der Waals surface area contributed by atoms with Gasteiger partial charge in [0, 0.05) is 22.8 Å². The van der Waals surface area contributed by atoms with Crippen LogP contribution in [0.2, 0.25) is 0 Å². The SMILES string of the molecule is COc1ccc(C(=O)c2cn(Cc3cccc(C)n3)c3ccccc3c2=O)cc1F. The Morgan fingerprint density at radius 2 is 1.90 bits per heavy atom. The normalized spacial score (nSPS) is 10.9. The summed E-state index contributed by atoms with van der Waals surface area (Å²) in [6.07, 6.45) is 1.53. The highest BCUT2D eigenvalue weighted by molar-refractivity contribution is 6.10. The van der Waals surface area contributed by atoms with E-state index in [0.29, 0.717) is 17.4 Å². The van der Waals surface area contributed by atoms with E-state index in [-0.39, 0.29) is 22.3 Å². The Balaban J connectivity index is 1.86. The van der Waals surface area contributed by atoms with E-state index in [2.05, 4.69) is 4.98 Å². The molecule has 4 rings (SSSR count). The largest absolute Gasteiger partial charge is 0.494 e. The summed E-state index contributed by atoms with van der Waals surface area (Å²) >= 11 is 0. The molecule has 0 unspecified atom stereocenters. The maximum Gasteiger partial charge on any atom is 0.200 e. The van der Waals surface area contributed by atoms with Crippen molar-refractivity contribution in [2.75, 3.05) is 7.11 Å². The molecule has 0 radical (unpaired) electrons. The second-order valence-corrected chi connectivity index (χ2v) is 6.97. The number of carbonyl (C=O) groups excluding carboxylic acids is 1. The molecule has 0 spiro atoms.